The summed E-state index contributed by atoms with van der Waals surface area (Å²) in [7, 11) is -2.98. The summed E-state index contributed by atoms with van der Waals surface area (Å²) in [5.41, 5.74) is 5.61. The first-order chi connectivity index (χ1) is 7.03. The van der Waals surface area contributed by atoms with E-state index in [4.69, 9.17) is 5.73 Å². The molecule has 15 heavy (non-hydrogen) atoms. The van der Waals surface area contributed by atoms with E-state index in [1.54, 1.807) is 18.7 Å². The molecule has 1 saturated heterocycles. The van der Waals surface area contributed by atoms with Crippen LogP contribution < -0.4 is 5.73 Å². The highest BCUT2D eigenvalue weighted by atomic mass is 32.2. The SMILES string of the molecule is CCS(=O)(=O)C1CSCCN1C(C)CN. The molecule has 6 heteroatoms. The summed E-state index contributed by atoms with van der Waals surface area (Å²) in [6, 6.07) is 0.150. The van der Waals surface area contributed by atoms with E-state index in [1.165, 1.54) is 0 Å². The second kappa shape index (κ2) is 5.52. The second-order valence-corrected chi connectivity index (χ2v) is 7.40. The Bertz CT molecular complexity index is 292. The van der Waals surface area contributed by atoms with E-state index in [2.05, 4.69) is 0 Å². The van der Waals surface area contributed by atoms with Crippen LogP contribution in [0.4, 0.5) is 0 Å². The van der Waals surface area contributed by atoms with Gasteiger partial charge in [-0.05, 0) is 6.92 Å². The van der Waals surface area contributed by atoms with Gasteiger partial charge in [0.05, 0.1) is 0 Å². The van der Waals surface area contributed by atoms with Crippen molar-refractivity contribution in [2.75, 3.05) is 30.3 Å². The molecule has 0 aliphatic carbocycles. The quantitative estimate of drug-likeness (QED) is 0.771. The normalized spacial score (nSPS) is 26.5. The Labute approximate surface area is 96.5 Å². The molecule has 0 aromatic carbocycles. The summed E-state index contributed by atoms with van der Waals surface area (Å²) in [5.74, 6) is 1.90. The molecule has 2 N–H and O–H groups in total. The molecule has 0 radical (unpaired) electrons. The Hall–Kier alpha value is 0.220. The van der Waals surface area contributed by atoms with Crippen molar-refractivity contribution in [3.8, 4) is 0 Å². The van der Waals surface area contributed by atoms with Gasteiger partial charge < -0.3 is 5.73 Å². The van der Waals surface area contributed by atoms with E-state index in [9.17, 15) is 8.42 Å². The van der Waals surface area contributed by atoms with Gasteiger partial charge in [-0.3, -0.25) is 4.90 Å². The Morgan fingerprint density at radius 1 is 1.60 bits per heavy atom. The second-order valence-electron chi connectivity index (χ2n) is 3.80. The molecule has 1 aliphatic rings. The van der Waals surface area contributed by atoms with E-state index >= 15 is 0 Å². The Morgan fingerprint density at radius 3 is 2.80 bits per heavy atom. The molecule has 0 bridgehead atoms. The van der Waals surface area contributed by atoms with Gasteiger partial charge in [-0.1, -0.05) is 6.92 Å². The third-order valence-electron chi connectivity index (χ3n) is 2.85. The summed E-state index contributed by atoms with van der Waals surface area (Å²) in [6.07, 6.45) is 0. The molecular formula is C9H20N2O2S2. The van der Waals surface area contributed by atoms with Gasteiger partial charge in [-0.15, -0.1) is 0 Å². The molecule has 0 spiro atoms. The average Bonchev–Trinajstić information content (AvgIpc) is 2.28. The van der Waals surface area contributed by atoms with Gasteiger partial charge in [0.15, 0.2) is 9.84 Å². The zero-order valence-corrected chi connectivity index (χ0v) is 11.0. The maximum Gasteiger partial charge on any atom is 0.166 e. The van der Waals surface area contributed by atoms with Crippen molar-refractivity contribution >= 4 is 21.6 Å². The fourth-order valence-electron chi connectivity index (χ4n) is 1.74. The zero-order chi connectivity index (χ0) is 11.5. The average molecular weight is 252 g/mol. The predicted molar refractivity (Wildman–Crippen MR) is 65.8 cm³/mol. The van der Waals surface area contributed by atoms with Gasteiger partial charge >= 0.3 is 0 Å². The fourth-order valence-corrected chi connectivity index (χ4v) is 4.86. The first-order valence-corrected chi connectivity index (χ1v) is 8.15. The number of hydrogen-bond acceptors (Lipinski definition) is 5. The highest BCUT2D eigenvalue weighted by Crippen LogP contribution is 2.23. The molecule has 1 aliphatic heterocycles. The first kappa shape index (κ1) is 13.3. The molecule has 1 heterocycles. The Morgan fingerprint density at radius 2 is 2.27 bits per heavy atom. The number of sulfone groups is 1. The minimum absolute atomic E-state index is 0.150. The van der Waals surface area contributed by atoms with Crippen LogP contribution in [0.1, 0.15) is 13.8 Å². The maximum atomic E-state index is 11.9. The molecule has 0 saturated carbocycles. The molecule has 0 aromatic rings. The van der Waals surface area contributed by atoms with Crippen molar-refractivity contribution < 1.29 is 8.42 Å². The Balaban J connectivity index is 2.83. The fraction of sp³-hybridized carbons (Fsp3) is 1.00. The highest BCUT2D eigenvalue weighted by molar-refractivity contribution is 8.01. The van der Waals surface area contributed by atoms with Crippen LogP contribution in [0, 0.1) is 0 Å². The number of hydrogen-bond donors (Lipinski definition) is 1. The summed E-state index contributed by atoms with van der Waals surface area (Å²) < 4.78 is 23.8. The summed E-state index contributed by atoms with van der Waals surface area (Å²) in [5, 5.41) is -0.334. The lowest BCUT2D eigenvalue weighted by Crippen LogP contribution is -2.53. The van der Waals surface area contributed by atoms with Gasteiger partial charge in [0, 0.05) is 36.4 Å². The molecule has 0 amide bonds. The van der Waals surface area contributed by atoms with E-state index < -0.39 is 9.84 Å². The predicted octanol–water partition coefficient (Wildman–Crippen LogP) is 0.143. The summed E-state index contributed by atoms with van der Waals surface area (Å²) in [4.78, 5) is 2.04. The molecule has 90 valence electrons. The van der Waals surface area contributed by atoms with E-state index in [0.29, 0.717) is 12.3 Å². The summed E-state index contributed by atoms with van der Waals surface area (Å²) in [6.45, 7) is 5.04. The number of nitrogens with two attached hydrogens (primary N) is 1. The van der Waals surface area contributed by atoms with Crippen molar-refractivity contribution in [1.29, 1.82) is 0 Å². The summed E-state index contributed by atoms with van der Waals surface area (Å²) >= 11 is 1.72. The lowest BCUT2D eigenvalue weighted by Gasteiger charge is -2.38. The van der Waals surface area contributed by atoms with Gasteiger partial charge in [0.2, 0.25) is 0 Å². The van der Waals surface area contributed by atoms with E-state index in [0.717, 1.165) is 12.3 Å². The lowest BCUT2D eigenvalue weighted by molar-refractivity contribution is 0.209. The van der Waals surface area contributed by atoms with Crippen molar-refractivity contribution in [2.24, 2.45) is 5.73 Å². The largest absolute Gasteiger partial charge is 0.329 e. The molecule has 2 atom stereocenters. The number of rotatable bonds is 4. The van der Waals surface area contributed by atoms with E-state index in [1.807, 2.05) is 11.8 Å². The third-order valence-corrected chi connectivity index (χ3v) is 6.15. The Kier molecular flexibility index (Phi) is 4.89. The monoisotopic (exact) mass is 252 g/mol. The lowest BCUT2D eigenvalue weighted by atomic mass is 10.3. The maximum absolute atomic E-state index is 11.9. The minimum atomic E-state index is -2.98. The van der Waals surface area contributed by atoms with Gasteiger partial charge in [-0.2, -0.15) is 11.8 Å². The smallest absolute Gasteiger partial charge is 0.166 e. The van der Waals surface area contributed by atoms with Crippen LogP contribution in [0.25, 0.3) is 0 Å². The van der Waals surface area contributed by atoms with Crippen molar-refractivity contribution in [1.82, 2.24) is 4.90 Å². The topological polar surface area (TPSA) is 63.4 Å². The molecule has 4 nitrogen and oxygen atoms in total. The third kappa shape index (κ3) is 3.09. The number of thioether (sulfide) groups is 1. The van der Waals surface area contributed by atoms with Crippen LogP contribution in [0.5, 0.6) is 0 Å². The van der Waals surface area contributed by atoms with Crippen molar-refractivity contribution in [3.05, 3.63) is 0 Å². The van der Waals surface area contributed by atoms with Crippen LogP contribution in [0.2, 0.25) is 0 Å². The van der Waals surface area contributed by atoms with Crippen LogP contribution in [0.15, 0.2) is 0 Å². The van der Waals surface area contributed by atoms with Crippen LogP contribution in [-0.2, 0) is 9.84 Å². The first-order valence-electron chi connectivity index (χ1n) is 5.28. The molecule has 1 rings (SSSR count). The molecular weight excluding hydrogens is 232 g/mol. The molecule has 1 fully saturated rings. The number of nitrogens with zero attached hydrogens (tertiary/aromatic N) is 1. The highest BCUT2D eigenvalue weighted by Gasteiger charge is 2.34. The molecule has 0 aromatic heterocycles. The van der Waals surface area contributed by atoms with Gasteiger partial charge in [0.1, 0.15) is 5.37 Å². The minimum Gasteiger partial charge on any atom is -0.329 e. The zero-order valence-electron chi connectivity index (χ0n) is 9.35. The van der Waals surface area contributed by atoms with Crippen molar-refractivity contribution in [2.45, 2.75) is 25.3 Å². The van der Waals surface area contributed by atoms with Crippen LogP contribution in [-0.4, -0.2) is 55.1 Å². The molecule has 2 unspecified atom stereocenters. The van der Waals surface area contributed by atoms with E-state index in [-0.39, 0.29) is 17.2 Å². The van der Waals surface area contributed by atoms with Crippen LogP contribution in [0.3, 0.4) is 0 Å². The van der Waals surface area contributed by atoms with Gasteiger partial charge in [-0.25, -0.2) is 8.42 Å². The standard InChI is InChI=1S/C9H20N2O2S2/c1-3-15(12,13)9-7-14-5-4-11(9)8(2)6-10/h8-9H,3-7,10H2,1-2H3. The van der Waals surface area contributed by atoms with Crippen LogP contribution >= 0.6 is 11.8 Å². The van der Waals surface area contributed by atoms with Gasteiger partial charge in [0.25, 0.3) is 0 Å². The van der Waals surface area contributed by atoms with Crippen molar-refractivity contribution in [3.63, 3.8) is 0 Å².